The van der Waals surface area contributed by atoms with Crippen LogP contribution in [-0.2, 0) is 0 Å². The largest absolute Gasteiger partial charge is 0.508 e. The number of phenolic OH excluding ortho intramolecular Hbond substituents is 1. The molecule has 0 heterocycles. The summed E-state index contributed by atoms with van der Waals surface area (Å²) in [6.45, 7) is 1.76. The number of thioether (sulfide) groups is 1. The van der Waals surface area contributed by atoms with Crippen molar-refractivity contribution in [3.63, 3.8) is 0 Å². The van der Waals surface area contributed by atoms with E-state index in [1.807, 2.05) is 5.40 Å². The summed E-state index contributed by atoms with van der Waals surface area (Å²) < 4.78 is 0. The van der Waals surface area contributed by atoms with E-state index in [9.17, 15) is 5.11 Å². The molecule has 0 saturated carbocycles. The molecule has 0 spiro atoms. The third-order valence-electron chi connectivity index (χ3n) is 1.41. The zero-order valence-corrected chi connectivity index (χ0v) is 7.91. The highest BCUT2D eigenvalue weighted by atomic mass is 35.5. The second kappa shape index (κ2) is 3.70. The third kappa shape index (κ3) is 1.84. The lowest BCUT2D eigenvalue weighted by atomic mass is 10.2. The van der Waals surface area contributed by atoms with Crippen LogP contribution in [0.25, 0.3) is 0 Å². The molecular weight excluding hydrogens is 194 g/mol. The summed E-state index contributed by atoms with van der Waals surface area (Å²) in [5, 5.41) is 19.9. The molecule has 0 unspecified atom stereocenters. The van der Waals surface area contributed by atoms with Gasteiger partial charge in [0.15, 0.2) is 0 Å². The van der Waals surface area contributed by atoms with E-state index in [-0.39, 0.29) is 5.75 Å². The maximum Gasteiger partial charge on any atom is 0.138 e. The molecule has 0 aliphatic heterocycles. The number of nitrogens with zero attached hydrogens (tertiary/aromatic N) is 1. The van der Waals surface area contributed by atoms with E-state index >= 15 is 0 Å². The predicted molar refractivity (Wildman–Crippen MR) is 49.3 cm³/mol. The third-order valence-corrected chi connectivity index (χ3v) is 2.48. The molecule has 2 nitrogen and oxygen atoms in total. The number of aromatic hydroxyl groups is 1. The average Bonchev–Trinajstić information content (AvgIpc) is 2.01. The van der Waals surface area contributed by atoms with E-state index in [0.717, 1.165) is 17.3 Å². The van der Waals surface area contributed by atoms with Crippen molar-refractivity contribution in [2.45, 2.75) is 11.8 Å². The molecular formula is C8H6ClNOS. The quantitative estimate of drug-likeness (QED) is 0.559. The minimum Gasteiger partial charge on any atom is -0.508 e. The summed E-state index contributed by atoms with van der Waals surface area (Å²) in [6, 6.07) is 3.13. The number of thiocyanates is 1. The van der Waals surface area contributed by atoms with Crippen molar-refractivity contribution in [3.8, 4) is 11.2 Å². The van der Waals surface area contributed by atoms with Crippen LogP contribution in [0.3, 0.4) is 0 Å². The second-order valence-corrected chi connectivity index (χ2v) is 3.50. The Kier molecular flexibility index (Phi) is 2.85. The van der Waals surface area contributed by atoms with Crippen molar-refractivity contribution < 1.29 is 5.11 Å². The van der Waals surface area contributed by atoms with Gasteiger partial charge in [-0.1, -0.05) is 11.6 Å². The van der Waals surface area contributed by atoms with Gasteiger partial charge >= 0.3 is 0 Å². The zero-order chi connectivity index (χ0) is 9.14. The molecule has 0 radical (unpaired) electrons. The summed E-state index contributed by atoms with van der Waals surface area (Å²) in [7, 11) is 0. The monoisotopic (exact) mass is 199 g/mol. The first-order valence-corrected chi connectivity index (χ1v) is 4.39. The smallest absolute Gasteiger partial charge is 0.138 e. The van der Waals surface area contributed by atoms with Crippen LogP contribution in [0.2, 0.25) is 5.02 Å². The molecule has 1 aromatic rings. The van der Waals surface area contributed by atoms with Gasteiger partial charge in [-0.2, -0.15) is 5.26 Å². The van der Waals surface area contributed by atoms with Gasteiger partial charge in [0.25, 0.3) is 0 Å². The van der Waals surface area contributed by atoms with Crippen molar-refractivity contribution >= 4 is 23.4 Å². The molecule has 0 aliphatic carbocycles. The van der Waals surface area contributed by atoms with Crippen molar-refractivity contribution in [3.05, 3.63) is 22.7 Å². The van der Waals surface area contributed by atoms with Gasteiger partial charge in [0.05, 0.1) is 5.02 Å². The molecule has 0 bridgehead atoms. The lowest BCUT2D eigenvalue weighted by molar-refractivity contribution is 0.470. The fraction of sp³-hybridized carbons (Fsp3) is 0.125. The minimum atomic E-state index is 0.155. The molecule has 4 heteroatoms. The van der Waals surface area contributed by atoms with Crippen LogP contribution >= 0.6 is 23.4 Å². The molecule has 1 aromatic carbocycles. The summed E-state index contributed by atoms with van der Waals surface area (Å²) >= 11 is 6.74. The van der Waals surface area contributed by atoms with Crippen molar-refractivity contribution in [1.29, 1.82) is 5.26 Å². The highest BCUT2D eigenvalue weighted by molar-refractivity contribution is 8.03. The van der Waals surface area contributed by atoms with Crippen molar-refractivity contribution in [2.24, 2.45) is 0 Å². The average molecular weight is 200 g/mol. The SMILES string of the molecule is Cc1cc(SC#N)c(Cl)cc1O. The number of hydrogen-bond acceptors (Lipinski definition) is 3. The number of halogens is 1. The Labute approximate surface area is 79.8 Å². The summed E-state index contributed by atoms with van der Waals surface area (Å²) in [6.07, 6.45) is 0. The minimum absolute atomic E-state index is 0.155. The Bertz CT molecular complexity index is 346. The lowest BCUT2D eigenvalue weighted by Gasteiger charge is -2.02. The van der Waals surface area contributed by atoms with Gasteiger partial charge in [0.2, 0.25) is 0 Å². The van der Waals surface area contributed by atoms with E-state index in [2.05, 4.69) is 0 Å². The van der Waals surface area contributed by atoms with Crippen LogP contribution in [-0.4, -0.2) is 5.11 Å². The van der Waals surface area contributed by atoms with E-state index < -0.39 is 0 Å². The Morgan fingerprint density at radius 2 is 2.25 bits per heavy atom. The Hall–Kier alpha value is -0.850. The van der Waals surface area contributed by atoms with Gasteiger partial charge in [0, 0.05) is 4.90 Å². The Morgan fingerprint density at radius 1 is 1.58 bits per heavy atom. The van der Waals surface area contributed by atoms with E-state index in [1.165, 1.54) is 6.07 Å². The van der Waals surface area contributed by atoms with Gasteiger partial charge in [-0.25, -0.2) is 0 Å². The fourth-order valence-electron chi connectivity index (χ4n) is 0.772. The van der Waals surface area contributed by atoms with E-state index in [4.69, 9.17) is 16.9 Å². The fourth-order valence-corrected chi connectivity index (χ4v) is 1.54. The Morgan fingerprint density at radius 3 is 2.83 bits per heavy atom. The van der Waals surface area contributed by atoms with Crippen molar-refractivity contribution in [1.82, 2.24) is 0 Å². The van der Waals surface area contributed by atoms with Gasteiger partial charge in [0.1, 0.15) is 11.2 Å². The lowest BCUT2D eigenvalue weighted by Crippen LogP contribution is -1.78. The molecule has 1 rings (SSSR count). The molecule has 0 atom stereocenters. The van der Waals surface area contributed by atoms with Crippen LogP contribution in [0.5, 0.6) is 5.75 Å². The number of rotatable bonds is 1. The first-order valence-electron chi connectivity index (χ1n) is 3.20. The highest BCUT2D eigenvalue weighted by Crippen LogP contribution is 2.31. The number of nitriles is 1. The molecule has 12 heavy (non-hydrogen) atoms. The van der Waals surface area contributed by atoms with Gasteiger partial charge in [-0.15, -0.1) is 0 Å². The topological polar surface area (TPSA) is 44.0 Å². The Balaban J connectivity index is 3.16. The molecule has 1 N–H and O–H groups in total. The molecule has 0 aliphatic rings. The maximum atomic E-state index is 9.22. The summed E-state index contributed by atoms with van der Waals surface area (Å²) in [5.74, 6) is 0.155. The summed E-state index contributed by atoms with van der Waals surface area (Å²) in [5.41, 5.74) is 0.720. The van der Waals surface area contributed by atoms with Gasteiger partial charge in [-0.05, 0) is 36.4 Å². The molecule has 0 aromatic heterocycles. The molecule has 0 saturated heterocycles. The van der Waals surface area contributed by atoms with E-state index in [1.54, 1.807) is 13.0 Å². The van der Waals surface area contributed by atoms with Gasteiger partial charge in [-0.3, -0.25) is 0 Å². The standard InChI is InChI=1S/C8H6ClNOS/c1-5-2-8(12-4-10)6(9)3-7(5)11/h2-3,11H,1H3. The van der Waals surface area contributed by atoms with Crippen LogP contribution in [0, 0.1) is 17.6 Å². The molecule has 0 fully saturated rings. The summed E-state index contributed by atoms with van der Waals surface area (Å²) in [4.78, 5) is 0.675. The zero-order valence-electron chi connectivity index (χ0n) is 6.34. The van der Waals surface area contributed by atoms with Crippen LogP contribution in [0.15, 0.2) is 17.0 Å². The van der Waals surface area contributed by atoms with E-state index in [0.29, 0.717) is 9.92 Å². The molecule has 62 valence electrons. The normalized spacial score (nSPS) is 9.42. The van der Waals surface area contributed by atoms with Crippen LogP contribution < -0.4 is 0 Å². The number of aryl methyl sites for hydroxylation is 1. The van der Waals surface area contributed by atoms with Crippen LogP contribution in [0.4, 0.5) is 0 Å². The highest BCUT2D eigenvalue weighted by Gasteiger charge is 2.04. The maximum absolute atomic E-state index is 9.22. The first kappa shape index (κ1) is 9.24. The first-order chi connectivity index (χ1) is 5.65. The van der Waals surface area contributed by atoms with Crippen molar-refractivity contribution in [2.75, 3.05) is 0 Å². The van der Waals surface area contributed by atoms with Crippen LogP contribution in [0.1, 0.15) is 5.56 Å². The number of benzene rings is 1. The second-order valence-electron chi connectivity index (χ2n) is 2.26. The van der Waals surface area contributed by atoms with Gasteiger partial charge < -0.3 is 5.11 Å². The number of hydrogen-bond donors (Lipinski definition) is 1. The molecule has 0 amide bonds. The predicted octanol–water partition coefficient (Wildman–Crippen LogP) is 2.93. The number of phenols is 1.